The van der Waals surface area contributed by atoms with Gasteiger partial charge in [0.2, 0.25) is 11.8 Å². The zero-order valence-corrected chi connectivity index (χ0v) is 16.7. The van der Waals surface area contributed by atoms with Crippen LogP contribution < -0.4 is 9.47 Å². The molecule has 0 aromatic carbocycles. The molecule has 3 heterocycles. The van der Waals surface area contributed by atoms with Crippen LogP contribution in [0.2, 0.25) is 5.15 Å². The number of hydrogen-bond acceptors (Lipinski definition) is 7. The van der Waals surface area contributed by atoms with Gasteiger partial charge in [0.05, 0.1) is 17.6 Å². The zero-order valence-electron chi connectivity index (χ0n) is 15.1. The highest BCUT2D eigenvalue weighted by Gasteiger charge is 2.29. The number of thioether (sulfide) groups is 1. The second kappa shape index (κ2) is 7.40. The summed E-state index contributed by atoms with van der Waals surface area (Å²) in [6.45, 7) is 7.89. The molecule has 1 aliphatic heterocycles. The second-order valence-electron chi connectivity index (χ2n) is 7.02. The predicted octanol–water partition coefficient (Wildman–Crippen LogP) is 4.01. The van der Waals surface area contributed by atoms with Crippen molar-refractivity contribution in [3.8, 4) is 11.8 Å². The van der Waals surface area contributed by atoms with E-state index >= 15 is 0 Å². The Bertz CT molecular complexity index is 832. The molecule has 0 saturated heterocycles. The Morgan fingerprint density at radius 3 is 2.85 bits per heavy atom. The molecule has 0 fully saturated rings. The number of aryl methyl sites for hydroxylation is 1. The molecule has 1 aliphatic rings. The van der Waals surface area contributed by atoms with Gasteiger partial charge in [-0.2, -0.15) is 9.97 Å². The Kier molecular flexibility index (Phi) is 5.39. The largest absolute Gasteiger partial charge is 0.477 e. The number of fused-ring (bicyclic) bond motifs is 1. The normalized spacial score (nSPS) is 13.3. The molecule has 0 unspecified atom stereocenters. The lowest BCUT2D eigenvalue weighted by molar-refractivity contribution is -0.143. The van der Waals surface area contributed by atoms with E-state index in [9.17, 15) is 4.79 Å². The average Bonchev–Trinajstić information content (AvgIpc) is 3.02. The van der Waals surface area contributed by atoms with Crippen molar-refractivity contribution in [3.63, 3.8) is 0 Å². The van der Waals surface area contributed by atoms with Gasteiger partial charge in [-0.3, -0.25) is 4.79 Å². The molecule has 0 radical (unpaired) electrons. The van der Waals surface area contributed by atoms with Crippen molar-refractivity contribution in [2.24, 2.45) is 5.41 Å². The minimum Gasteiger partial charge on any atom is -0.477 e. The number of pyridine rings is 1. The van der Waals surface area contributed by atoms with Crippen molar-refractivity contribution in [3.05, 3.63) is 34.1 Å². The number of esters is 1. The van der Waals surface area contributed by atoms with Gasteiger partial charge in [0.15, 0.2) is 5.16 Å². The van der Waals surface area contributed by atoms with Crippen LogP contribution in [0.25, 0.3) is 0 Å². The average molecular weight is 394 g/mol. The number of aromatic nitrogens is 3. The Hall–Kier alpha value is -1.86. The van der Waals surface area contributed by atoms with Gasteiger partial charge in [0.25, 0.3) is 0 Å². The van der Waals surface area contributed by atoms with Crippen LogP contribution >= 0.6 is 23.4 Å². The predicted molar refractivity (Wildman–Crippen MR) is 99.9 cm³/mol. The minimum atomic E-state index is -0.620. The van der Waals surface area contributed by atoms with Crippen molar-refractivity contribution in [2.45, 2.75) is 45.0 Å². The van der Waals surface area contributed by atoms with Crippen LogP contribution in [0.15, 0.2) is 17.4 Å². The Balaban J connectivity index is 1.85. The maximum absolute atomic E-state index is 12.3. The number of carbonyl (C=O) groups excluding carboxylic acids is 1. The number of hydrogen-bond donors (Lipinski definition) is 0. The molecular weight excluding hydrogens is 374 g/mol. The Morgan fingerprint density at radius 2 is 2.15 bits per heavy atom. The van der Waals surface area contributed by atoms with Gasteiger partial charge in [0.1, 0.15) is 5.15 Å². The Morgan fingerprint density at radius 1 is 1.38 bits per heavy atom. The van der Waals surface area contributed by atoms with Gasteiger partial charge in [0, 0.05) is 23.9 Å². The topological polar surface area (TPSA) is 74.2 Å². The van der Waals surface area contributed by atoms with Crippen LogP contribution in [0.3, 0.4) is 0 Å². The molecule has 2 aromatic rings. The fourth-order valence-electron chi connectivity index (χ4n) is 2.26. The lowest BCUT2D eigenvalue weighted by Gasteiger charge is -2.17. The lowest BCUT2D eigenvalue weighted by atomic mass is 9.97. The molecule has 2 aromatic heterocycles. The van der Waals surface area contributed by atoms with E-state index < -0.39 is 5.41 Å². The summed E-state index contributed by atoms with van der Waals surface area (Å²) >= 11 is 7.58. The molecule has 138 valence electrons. The lowest BCUT2D eigenvalue weighted by Crippen LogP contribution is -2.26. The van der Waals surface area contributed by atoms with E-state index in [0.717, 1.165) is 16.7 Å². The maximum atomic E-state index is 12.3. The van der Waals surface area contributed by atoms with E-state index in [1.165, 1.54) is 11.8 Å². The molecule has 6 nitrogen and oxygen atoms in total. The monoisotopic (exact) mass is 393 g/mol. The highest BCUT2D eigenvalue weighted by Crippen LogP contribution is 2.35. The SMILES string of the molecule is Cc1ccnc(Cl)c1CSc1nc2c(c(OC(=O)C(C)(C)C)n1)CCO2. The standard InChI is InChI=1S/C18H20ClN3O3S/c1-10-5-7-20-13(19)12(10)9-26-17-21-14-11(6-8-24-14)15(22-17)25-16(23)18(2,3)4/h5,7H,6,8-9H2,1-4H3. The molecular formula is C18H20ClN3O3S. The number of ether oxygens (including phenoxy) is 2. The summed E-state index contributed by atoms with van der Waals surface area (Å²) in [5, 5.41) is 0.941. The van der Waals surface area contributed by atoms with E-state index in [-0.39, 0.29) is 11.8 Å². The van der Waals surface area contributed by atoms with E-state index in [2.05, 4.69) is 15.0 Å². The van der Waals surface area contributed by atoms with Crippen molar-refractivity contribution < 1.29 is 14.3 Å². The van der Waals surface area contributed by atoms with Crippen molar-refractivity contribution in [2.75, 3.05) is 6.61 Å². The van der Waals surface area contributed by atoms with Crippen LogP contribution in [-0.2, 0) is 17.0 Å². The first-order chi connectivity index (χ1) is 12.3. The summed E-state index contributed by atoms with van der Waals surface area (Å²) < 4.78 is 11.1. The fourth-order valence-corrected chi connectivity index (χ4v) is 3.55. The molecule has 0 N–H and O–H groups in total. The molecule has 0 aliphatic carbocycles. The first-order valence-corrected chi connectivity index (χ1v) is 9.61. The second-order valence-corrected chi connectivity index (χ2v) is 8.32. The van der Waals surface area contributed by atoms with E-state index in [1.54, 1.807) is 27.0 Å². The molecule has 0 amide bonds. The van der Waals surface area contributed by atoms with Gasteiger partial charge in [-0.05, 0) is 39.3 Å². The molecule has 0 spiro atoms. The molecule has 0 atom stereocenters. The van der Waals surface area contributed by atoms with Crippen LogP contribution in [-0.4, -0.2) is 27.5 Å². The zero-order chi connectivity index (χ0) is 18.9. The highest BCUT2D eigenvalue weighted by molar-refractivity contribution is 7.98. The fraction of sp³-hybridized carbons (Fsp3) is 0.444. The minimum absolute atomic E-state index is 0.281. The van der Waals surface area contributed by atoms with Gasteiger partial charge >= 0.3 is 5.97 Å². The van der Waals surface area contributed by atoms with E-state index in [1.807, 2.05) is 13.0 Å². The third kappa shape index (κ3) is 4.10. The van der Waals surface area contributed by atoms with Gasteiger partial charge in [-0.1, -0.05) is 23.4 Å². The molecule has 0 bridgehead atoms. The van der Waals surface area contributed by atoms with Gasteiger partial charge < -0.3 is 9.47 Å². The first-order valence-electron chi connectivity index (χ1n) is 8.24. The van der Waals surface area contributed by atoms with Gasteiger partial charge in [-0.25, -0.2) is 4.98 Å². The summed E-state index contributed by atoms with van der Waals surface area (Å²) in [6.07, 6.45) is 2.30. The summed E-state index contributed by atoms with van der Waals surface area (Å²) in [6, 6.07) is 1.91. The number of nitrogens with zero attached hydrogens (tertiary/aromatic N) is 3. The summed E-state index contributed by atoms with van der Waals surface area (Å²) in [5.41, 5.74) is 2.10. The quantitative estimate of drug-likeness (QED) is 0.336. The molecule has 26 heavy (non-hydrogen) atoms. The van der Waals surface area contributed by atoms with Crippen LogP contribution in [0, 0.1) is 12.3 Å². The van der Waals surface area contributed by atoms with E-state index in [4.69, 9.17) is 21.1 Å². The number of carbonyl (C=O) groups is 1. The summed E-state index contributed by atoms with van der Waals surface area (Å²) in [5.74, 6) is 0.980. The molecule has 3 rings (SSSR count). The van der Waals surface area contributed by atoms with Gasteiger partial charge in [-0.15, -0.1) is 0 Å². The highest BCUT2D eigenvalue weighted by atomic mass is 35.5. The summed E-state index contributed by atoms with van der Waals surface area (Å²) in [4.78, 5) is 25.2. The first kappa shape index (κ1) is 18.9. The number of rotatable bonds is 4. The molecule has 0 saturated carbocycles. The van der Waals surface area contributed by atoms with Crippen LogP contribution in [0.1, 0.15) is 37.5 Å². The van der Waals surface area contributed by atoms with E-state index in [0.29, 0.717) is 35.0 Å². The third-order valence-electron chi connectivity index (χ3n) is 3.89. The number of halogens is 1. The maximum Gasteiger partial charge on any atom is 0.317 e. The van der Waals surface area contributed by atoms with Crippen LogP contribution in [0.5, 0.6) is 11.8 Å². The van der Waals surface area contributed by atoms with Crippen LogP contribution in [0.4, 0.5) is 0 Å². The summed E-state index contributed by atoms with van der Waals surface area (Å²) in [7, 11) is 0. The van der Waals surface area contributed by atoms with Crippen molar-refractivity contribution in [1.82, 2.24) is 15.0 Å². The smallest absolute Gasteiger partial charge is 0.317 e. The Labute approximate surface area is 161 Å². The molecule has 8 heteroatoms. The third-order valence-corrected chi connectivity index (χ3v) is 5.09. The van der Waals surface area contributed by atoms with Crippen molar-refractivity contribution in [1.29, 1.82) is 0 Å². The van der Waals surface area contributed by atoms with Crippen molar-refractivity contribution >= 4 is 29.3 Å².